The third kappa shape index (κ3) is 2.31. The molecule has 0 amide bonds. The van der Waals surface area contributed by atoms with Crippen LogP contribution in [-0.2, 0) is 9.05 Å². The summed E-state index contributed by atoms with van der Waals surface area (Å²) in [6.45, 7) is 0. The van der Waals surface area contributed by atoms with Gasteiger partial charge in [0, 0.05) is 16.7 Å². The molecule has 1 aromatic heterocycles. The molecule has 0 bridgehead atoms. The normalized spacial score (nSPS) is 11.3. The molecule has 9 heteroatoms. The van der Waals surface area contributed by atoms with Gasteiger partial charge in [0.1, 0.15) is 6.20 Å². The van der Waals surface area contributed by atoms with Crippen molar-refractivity contribution >= 4 is 37.0 Å². The smallest absolute Gasteiger partial charge is 0.258 e. The molecule has 0 aromatic carbocycles. The molecule has 0 radical (unpaired) electrons. The number of nitro groups is 1. The Bertz CT molecular complexity index is 487. The third-order valence-electron chi connectivity index (χ3n) is 1.23. The van der Waals surface area contributed by atoms with Crippen molar-refractivity contribution in [3.63, 3.8) is 0 Å². The fraction of sp³-hybridized carbons (Fsp3) is 0. The predicted octanol–water partition coefficient (Wildman–Crippen LogP) is 1.57. The van der Waals surface area contributed by atoms with E-state index in [9.17, 15) is 18.5 Å². The van der Waals surface area contributed by atoms with Crippen LogP contribution in [0.3, 0.4) is 0 Å². The number of hydrogen-bond acceptors (Lipinski definition) is 5. The molecule has 0 saturated carbocycles. The Labute approximate surface area is 88.0 Å². The number of pyridine rings is 1. The van der Waals surface area contributed by atoms with Gasteiger partial charge in [0.25, 0.3) is 14.7 Å². The maximum Gasteiger partial charge on any atom is 0.289 e. The molecule has 1 heterocycles. The number of rotatable bonds is 2. The number of halogens is 2. The molecule has 1 rings (SSSR count). The van der Waals surface area contributed by atoms with Crippen molar-refractivity contribution in [3.05, 3.63) is 27.4 Å². The molecular weight excluding hydrogens is 255 g/mol. The molecule has 0 atom stereocenters. The van der Waals surface area contributed by atoms with E-state index in [1.54, 1.807) is 0 Å². The minimum atomic E-state index is -4.07. The molecule has 0 unspecified atom stereocenters. The molecule has 1 aromatic rings. The second kappa shape index (κ2) is 3.68. The topological polar surface area (TPSA) is 90.2 Å². The van der Waals surface area contributed by atoms with E-state index in [0.29, 0.717) is 0 Å². The monoisotopic (exact) mass is 256 g/mol. The largest absolute Gasteiger partial charge is 0.289 e. The highest BCUT2D eigenvalue weighted by Gasteiger charge is 2.19. The van der Waals surface area contributed by atoms with Gasteiger partial charge >= 0.3 is 0 Å². The number of hydrogen-bond donors (Lipinski definition) is 0. The van der Waals surface area contributed by atoms with Gasteiger partial charge in [-0.15, -0.1) is 0 Å². The molecule has 0 spiro atoms. The van der Waals surface area contributed by atoms with Gasteiger partial charge in [0.15, 0.2) is 5.03 Å². The van der Waals surface area contributed by atoms with Gasteiger partial charge in [-0.2, -0.15) is 0 Å². The lowest BCUT2D eigenvalue weighted by atomic mass is 10.4. The first-order valence-electron chi connectivity index (χ1n) is 3.07. The van der Waals surface area contributed by atoms with Crippen LogP contribution in [0.1, 0.15) is 0 Å². The van der Waals surface area contributed by atoms with Gasteiger partial charge in [-0.25, -0.2) is 13.4 Å². The van der Waals surface area contributed by atoms with Gasteiger partial charge in [0.2, 0.25) is 0 Å². The van der Waals surface area contributed by atoms with Crippen LogP contribution in [0, 0.1) is 10.1 Å². The first-order chi connectivity index (χ1) is 6.32. The van der Waals surface area contributed by atoms with Crippen molar-refractivity contribution in [1.82, 2.24) is 4.98 Å². The lowest BCUT2D eigenvalue weighted by molar-refractivity contribution is -0.385. The van der Waals surface area contributed by atoms with E-state index >= 15 is 0 Å². The summed E-state index contributed by atoms with van der Waals surface area (Å²) >= 11 is 5.43. The van der Waals surface area contributed by atoms with Crippen molar-refractivity contribution in [2.45, 2.75) is 5.03 Å². The number of aromatic nitrogens is 1. The van der Waals surface area contributed by atoms with Gasteiger partial charge in [-0.3, -0.25) is 10.1 Å². The van der Waals surface area contributed by atoms with Crippen LogP contribution in [0.15, 0.2) is 17.3 Å². The zero-order valence-electron chi connectivity index (χ0n) is 6.35. The van der Waals surface area contributed by atoms with Crippen molar-refractivity contribution in [3.8, 4) is 0 Å². The first-order valence-corrected chi connectivity index (χ1v) is 5.75. The highest BCUT2D eigenvalue weighted by molar-refractivity contribution is 8.13. The Morgan fingerprint density at radius 1 is 1.50 bits per heavy atom. The highest BCUT2D eigenvalue weighted by atomic mass is 35.7. The maximum absolute atomic E-state index is 10.8. The lowest BCUT2D eigenvalue weighted by Gasteiger charge is -1.97. The molecule has 6 nitrogen and oxygen atoms in total. The molecule has 14 heavy (non-hydrogen) atoms. The summed E-state index contributed by atoms with van der Waals surface area (Å²) in [5.74, 6) is 0. The van der Waals surface area contributed by atoms with Crippen LogP contribution >= 0.6 is 22.3 Å². The Hall–Kier alpha value is -0.920. The standard InChI is InChI=1S/C5H2Cl2N2O4S/c6-4-1-3(9(10)11)2-8-5(4)14(7,12)13/h1-2H. The predicted molar refractivity (Wildman–Crippen MR) is 48.9 cm³/mol. The summed E-state index contributed by atoms with van der Waals surface area (Å²) in [5.41, 5.74) is -0.404. The lowest BCUT2D eigenvalue weighted by Crippen LogP contribution is -1.98. The van der Waals surface area contributed by atoms with Crippen LogP contribution in [0.2, 0.25) is 5.02 Å². The van der Waals surface area contributed by atoms with Crippen LogP contribution in [0.25, 0.3) is 0 Å². The molecule has 0 aliphatic heterocycles. The van der Waals surface area contributed by atoms with Gasteiger partial charge in [-0.1, -0.05) is 11.6 Å². The third-order valence-corrected chi connectivity index (χ3v) is 2.86. The zero-order valence-corrected chi connectivity index (χ0v) is 8.67. The van der Waals surface area contributed by atoms with Crippen LogP contribution in [0.4, 0.5) is 5.69 Å². The molecule has 0 saturated heterocycles. The fourth-order valence-corrected chi connectivity index (χ4v) is 2.12. The average Bonchev–Trinajstić information content (AvgIpc) is 2.01. The second-order valence-corrected chi connectivity index (χ2v) is 5.06. The Balaban J connectivity index is 3.35. The summed E-state index contributed by atoms with van der Waals surface area (Å²) in [6, 6.07) is 0.865. The van der Waals surface area contributed by atoms with E-state index in [2.05, 4.69) is 4.98 Å². The average molecular weight is 257 g/mol. The quantitative estimate of drug-likeness (QED) is 0.455. The van der Waals surface area contributed by atoms with Crippen molar-refractivity contribution in [2.24, 2.45) is 0 Å². The van der Waals surface area contributed by atoms with Crippen LogP contribution in [-0.4, -0.2) is 18.3 Å². The molecule has 0 aliphatic rings. The second-order valence-electron chi connectivity index (χ2n) is 2.18. The summed E-state index contributed by atoms with van der Waals surface area (Å²) < 4.78 is 21.6. The highest BCUT2D eigenvalue weighted by Crippen LogP contribution is 2.25. The summed E-state index contributed by atoms with van der Waals surface area (Å²) in [7, 11) is 0.882. The van der Waals surface area contributed by atoms with Crippen molar-refractivity contribution < 1.29 is 13.3 Å². The first kappa shape index (κ1) is 11.2. The number of nitrogens with zero attached hydrogens (tertiary/aromatic N) is 2. The summed E-state index contributed by atoms with van der Waals surface area (Å²) in [5, 5.41) is 9.27. The van der Waals surface area contributed by atoms with Crippen molar-refractivity contribution in [2.75, 3.05) is 0 Å². The Morgan fingerprint density at radius 3 is 2.43 bits per heavy atom. The fourth-order valence-electron chi connectivity index (χ4n) is 0.695. The SMILES string of the molecule is O=[N+]([O-])c1cnc(S(=O)(=O)Cl)c(Cl)c1. The molecule has 76 valence electrons. The van der Waals surface area contributed by atoms with Crippen LogP contribution in [0.5, 0.6) is 0 Å². The van der Waals surface area contributed by atoms with E-state index < -0.39 is 24.7 Å². The molecular formula is C5H2Cl2N2O4S. The zero-order chi connectivity index (χ0) is 10.9. The minimum absolute atomic E-state index is 0.380. The molecule has 0 N–H and O–H groups in total. The summed E-state index contributed by atoms with van der Waals surface area (Å²) in [6.07, 6.45) is 0.765. The van der Waals surface area contributed by atoms with E-state index in [1.807, 2.05) is 0 Å². The van der Waals surface area contributed by atoms with E-state index in [1.165, 1.54) is 0 Å². The van der Waals surface area contributed by atoms with Crippen molar-refractivity contribution in [1.29, 1.82) is 0 Å². The maximum atomic E-state index is 10.8. The Morgan fingerprint density at radius 2 is 2.07 bits per heavy atom. The van der Waals surface area contributed by atoms with Gasteiger partial charge < -0.3 is 0 Å². The van der Waals surface area contributed by atoms with E-state index in [-0.39, 0.29) is 5.02 Å². The van der Waals surface area contributed by atoms with E-state index in [0.717, 1.165) is 12.3 Å². The van der Waals surface area contributed by atoms with Crippen LogP contribution < -0.4 is 0 Å². The Kier molecular flexibility index (Phi) is 2.93. The molecule has 0 fully saturated rings. The van der Waals surface area contributed by atoms with Gasteiger partial charge in [0.05, 0.1) is 9.95 Å². The van der Waals surface area contributed by atoms with Gasteiger partial charge in [-0.05, 0) is 0 Å². The van der Waals surface area contributed by atoms with E-state index in [4.69, 9.17) is 22.3 Å². The summed E-state index contributed by atoms with van der Waals surface area (Å²) in [4.78, 5) is 12.8. The molecule has 0 aliphatic carbocycles. The minimum Gasteiger partial charge on any atom is -0.258 e.